The van der Waals surface area contributed by atoms with E-state index in [-0.39, 0.29) is 17.8 Å². The molecule has 0 bridgehead atoms. The zero-order valence-corrected chi connectivity index (χ0v) is 15.1. The number of benzene rings is 2. The van der Waals surface area contributed by atoms with Gasteiger partial charge in [-0.25, -0.2) is 4.39 Å². The Balaban J connectivity index is 1.56. The van der Waals surface area contributed by atoms with Crippen LogP contribution < -0.4 is 9.47 Å². The Morgan fingerprint density at radius 2 is 2.00 bits per heavy atom. The number of carbonyl (C=O) groups is 1. The van der Waals surface area contributed by atoms with Crippen molar-refractivity contribution in [2.45, 2.75) is 13.0 Å². The molecule has 1 aromatic heterocycles. The fraction of sp³-hybridized carbons (Fsp3) is 0.238. The SMILES string of the molecule is Cc1cc(C(=O)N(C)CC2COc3ccccc3O2)c2ccc(F)cc2n1. The van der Waals surface area contributed by atoms with Crippen LogP contribution in [0.4, 0.5) is 4.39 Å². The fourth-order valence-corrected chi connectivity index (χ4v) is 3.26. The van der Waals surface area contributed by atoms with Gasteiger partial charge in [0, 0.05) is 24.2 Å². The second-order valence-corrected chi connectivity index (χ2v) is 6.66. The highest BCUT2D eigenvalue weighted by molar-refractivity contribution is 6.06. The summed E-state index contributed by atoms with van der Waals surface area (Å²) in [4.78, 5) is 18.9. The minimum Gasteiger partial charge on any atom is -0.486 e. The van der Waals surface area contributed by atoms with E-state index in [4.69, 9.17) is 9.47 Å². The molecule has 2 aromatic carbocycles. The van der Waals surface area contributed by atoms with Crippen molar-refractivity contribution < 1.29 is 18.7 Å². The van der Waals surface area contributed by atoms with Crippen LogP contribution in [0.25, 0.3) is 10.9 Å². The quantitative estimate of drug-likeness (QED) is 0.711. The van der Waals surface area contributed by atoms with Crippen molar-refractivity contribution in [1.82, 2.24) is 9.88 Å². The van der Waals surface area contributed by atoms with E-state index in [1.165, 1.54) is 12.1 Å². The summed E-state index contributed by atoms with van der Waals surface area (Å²) in [6, 6.07) is 13.5. The highest BCUT2D eigenvalue weighted by Crippen LogP contribution is 2.31. The van der Waals surface area contributed by atoms with Crippen molar-refractivity contribution in [3.05, 3.63) is 65.6 Å². The van der Waals surface area contributed by atoms with Crippen molar-refractivity contribution in [2.75, 3.05) is 20.2 Å². The third-order valence-electron chi connectivity index (χ3n) is 4.52. The first-order valence-electron chi connectivity index (χ1n) is 8.72. The van der Waals surface area contributed by atoms with Crippen LogP contribution in [0.3, 0.4) is 0 Å². The Bertz CT molecular complexity index is 1020. The second kappa shape index (κ2) is 6.87. The van der Waals surface area contributed by atoms with Gasteiger partial charge in [-0.15, -0.1) is 0 Å². The molecule has 1 unspecified atom stereocenters. The molecule has 0 fully saturated rings. The monoisotopic (exact) mass is 366 g/mol. The van der Waals surface area contributed by atoms with Crippen molar-refractivity contribution in [3.8, 4) is 11.5 Å². The average molecular weight is 366 g/mol. The van der Waals surface area contributed by atoms with E-state index < -0.39 is 0 Å². The van der Waals surface area contributed by atoms with Gasteiger partial charge in [-0.2, -0.15) is 0 Å². The molecule has 1 aliphatic heterocycles. The number of pyridine rings is 1. The van der Waals surface area contributed by atoms with Crippen molar-refractivity contribution >= 4 is 16.8 Å². The number of fused-ring (bicyclic) bond motifs is 2. The van der Waals surface area contributed by atoms with Crippen molar-refractivity contribution in [3.63, 3.8) is 0 Å². The summed E-state index contributed by atoms with van der Waals surface area (Å²) in [6.07, 6.45) is -0.263. The van der Waals surface area contributed by atoms with Gasteiger partial charge in [0.15, 0.2) is 17.6 Å². The molecular weight excluding hydrogens is 347 g/mol. The van der Waals surface area contributed by atoms with Crippen molar-refractivity contribution in [1.29, 1.82) is 0 Å². The fourth-order valence-electron chi connectivity index (χ4n) is 3.26. The summed E-state index contributed by atoms with van der Waals surface area (Å²) in [7, 11) is 1.72. The maximum Gasteiger partial charge on any atom is 0.254 e. The first-order valence-corrected chi connectivity index (χ1v) is 8.72. The average Bonchev–Trinajstić information content (AvgIpc) is 2.66. The molecule has 1 atom stereocenters. The van der Waals surface area contributed by atoms with E-state index in [0.717, 1.165) is 0 Å². The molecule has 0 saturated carbocycles. The number of amides is 1. The maximum atomic E-state index is 13.5. The molecule has 4 rings (SSSR count). The Hall–Kier alpha value is -3.15. The van der Waals surface area contributed by atoms with Gasteiger partial charge in [0.25, 0.3) is 5.91 Å². The molecule has 0 aliphatic carbocycles. The lowest BCUT2D eigenvalue weighted by Gasteiger charge is -2.29. The Morgan fingerprint density at radius 1 is 1.22 bits per heavy atom. The van der Waals surface area contributed by atoms with Crippen LogP contribution >= 0.6 is 0 Å². The third kappa shape index (κ3) is 3.43. The van der Waals surface area contributed by atoms with Crippen LogP contribution in [-0.2, 0) is 0 Å². The third-order valence-corrected chi connectivity index (χ3v) is 4.52. The molecule has 138 valence electrons. The number of likely N-dealkylation sites (N-methyl/N-ethyl adjacent to an activating group) is 1. The Morgan fingerprint density at radius 3 is 2.81 bits per heavy atom. The Labute approximate surface area is 156 Å². The summed E-state index contributed by atoms with van der Waals surface area (Å²) >= 11 is 0. The molecular formula is C21H19FN2O3. The number of aromatic nitrogens is 1. The van der Waals surface area contributed by atoms with Gasteiger partial charge in [-0.1, -0.05) is 12.1 Å². The number of aryl methyl sites for hydroxylation is 1. The summed E-state index contributed by atoms with van der Waals surface area (Å²) in [5, 5.41) is 0.630. The Kier molecular flexibility index (Phi) is 4.39. The number of nitrogens with zero attached hydrogens (tertiary/aromatic N) is 2. The largest absolute Gasteiger partial charge is 0.486 e. The van der Waals surface area contributed by atoms with Gasteiger partial charge in [-0.05, 0) is 37.3 Å². The van der Waals surface area contributed by atoms with E-state index in [1.54, 1.807) is 31.0 Å². The molecule has 1 amide bonds. The predicted molar refractivity (Wildman–Crippen MR) is 99.8 cm³/mol. The van der Waals surface area contributed by atoms with E-state index in [0.29, 0.717) is 46.8 Å². The van der Waals surface area contributed by atoms with Crippen molar-refractivity contribution in [2.24, 2.45) is 0 Å². The lowest BCUT2D eigenvalue weighted by atomic mass is 10.1. The summed E-state index contributed by atoms with van der Waals surface area (Å²) in [5.41, 5.74) is 1.63. The summed E-state index contributed by atoms with van der Waals surface area (Å²) in [5.74, 6) is 0.842. The first-order chi connectivity index (χ1) is 13.0. The first kappa shape index (κ1) is 17.3. The molecule has 0 saturated heterocycles. The van der Waals surface area contributed by atoms with E-state index in [9.17, 15) is 9.18 Å². The van der Waals surface area contributed by atoms with Gasteiger partial charge < -0.3 is 14.4 Å². The molecule has 0 spiro atoms. The highest BCUT2D eigenvalue weighted by atomic mass is 19.1. The molecule has 1 aliphatic rings. The van der Waals surface area contributed by atoms with Gasteiger partial charge in [0.05, 0.1) is 17.6 Å². The highest BCUT2D eigenvalue weighted by Gasteiger charge is 2.25. The molecule has 3 aromatic rings. The number of para-hydroxylation sites is 2. The maximum absolute atomic E-state index is 13.5. The second-order valence-electron chi connectivity index (χ2n) is 6.66. The number of hydrogen-bond acceptors (Lipinski definition) is 4. The number of hydrogen-bond donors (Lipinski definition) is 0. The number of halogens is 1. The number of ether oxygens (including phenoxy) is 2. The predicted octanol–water partition coefficient (Wildman–Crippen LogP) is 3.59. The molecule has 0 N–H and O–H groups in total. The van der Waals surface area contributed by atoms with Gasteiger partial charge >= 0.3 is 0 Å². The van der Waals surface area contributed by atoms with Gasteiger partial charge in [0.2, 0.25) is 0 Å². The molecule has 27 heavy (non-hydrogen) atoms. The van der Waals surface area contributed by atoms with Gasteiger partial charge in [0.1, 0.15) is 12.4 Å². The summed E-state index contributed by atoms with van der Waals surface area (Å²) < 4.78 is 25.2. The zero-order chi connectivity index (χ0) is 19.0. The molecule has 2 heterocycles. The number of carbonyl (C=O) groups excluding carboxylic acids is 1. The van der Waals surface area contributed by atoms with Gasteiger partial charge in [-0.3, -0.25) is 9.78 Å². The zero-order valence-electron chi connectivity index (χ0n) is 15.1. The molecule has 5 nitrogen and oxygen atoms in total. The van der Waals surface area contributed by atoms with Crippen LogP contribution in [0.15, 0.2) is 48.5 Å². The number of rotatable bonds is 3. The topological polar surface area (TPSA) is 51.7 Å². The van der Waals surface area contributed by atoms with Crippen LogP contribution in [0.1, 0.15) is 16.1 Å². The van der Waals surface area contributed by atoms with Crippen LogP contribution in [0.5, 0.6) is 11.5 Å². The minimum atomic E-state index is -0.376. The van der Waals surface area contributed by atoms with E-state index in [2.05, 4.69) is 4.98 Å². The molecule has 6 heteroatoms. The smallest absolute Gasteiger partial charge is 0.254 e. The van der Waals surface area contributed by atoms with E-state index >= 15 is 0 Å². The van der Waals surface area contributed by atoms with E-state index in [1.807, 2.05) is 24.3 Å². The van der Waals surface area contributed by atoms with Crippen LogP contribution in [0, 0.1) is 12.7 Å². The lowest BCUT2D eigenvalue weighted by molar-refractivity contribution is 0.0522. The van der Waals surface area contributed by atoms with Crippen LogP contribution in [0.2, 0.25) is 0 Å². The lowest BCUT2D eigenvalue weighted by Crippen LogP contribution is -2.41. The minimum absolute atomic E-state index is 0.167. The normalized spacial score (nSPS) is 15.6. The summed E-state index contributed by atoms with van der Waals surface area (Å²) in [6.45, 7) is 2.53. The van der Waals surface area contributed by atoms with Crippen LogP contribution in [-0.4, -0.2) is 42.1 Å². The standard InChI is InChI=1S/C21H19FN2O3/c1-13-9-17(16-8-7-14(22)10-18(16)23-13)21(25)24(2)11-15-12-26-19-5-3-4-6-20(19)27-15/h3-10,15H,11-12H2,1-2H3. The molecule has 0 radical (unpaired) electrons.